The van der Waals surface area contributed by atoms with Gasteiger partial charge in [-0.3, -0.25) is 4.79 Å². The highest BCUT2D eigenvalue weighted by Gasteiger charge is 2.43. The van der Waals surface area contributed by atoms with Crippen LogP contribution in [0.4, 0.5) is 0 Å². The molecule has 1 N–H and O–H groups in total. The van der Waals surface area contributed by atoms with Crippen LogP contribution in [-0.4, -0.2) is 57.6 Å². The van der Waals surface area contributed by atoms with Gasteiger partial charge in [-0.15, -0.1) is 0 Å². The minimum absolute atomic E-state index is 0.0927. The molecule has 1 aromatic heterocycles. The average molecular weight is 385 g/mol. The third-order valence-corrected chi connectivity index (χ3v) is 5.95. The second kappa shape index (κ2) is 7.01. The summed E-state index contributed by atoms with van der Waals surface area (Å²) in [6, 6.07) is 5.46. The Kier molecular flexibility index (Phi) is 4.35. The fraction of sp³-hybridized carbons (Fsp3) is 0.500. The van der Waals surface area contributed by atoms with Gasteiger partial charge in [0, 0.05) is 31.5 Å². The van der Waals surface area contributed by atoms with Crippen molar-refractivity contribution in [2.75, 3.05) is 19.9 Å². The van der Waals surface area contributed by atoms with Crippen molar-refractivity contribution in [2.24, 2.45) is 11.8 Å². The van der Waals surface area contributed by atoms with Crippen molar-refractivity contribution in [3.05, 3.63) is 36.9 Å². The molecule has 1 aromatic carbocycles. The number of imidazole rings is 1. The minimum Gasteiger partial charge on any atom is -0.488 e. The molecular weight excluding hydrogens is 362 g/mol. The van der Waals surface area contributed by atoms with Crippen LogP contribution in [0.5, 0.6) is 17.2 Å². The first-order valence-electron chi connectivity index (χ1n) is 9.63. The van der Waals surface area contributed by atoms with E-state index in [0.29, 0.717) is 55.1 Å². The molecule has 0 bridgehead atoms. The van der Waals surface area contributed by atoms with E-state index in [2.05, 4.69) is 4.98 Å². The van der Waals surface area contributed by atoms with Crippen LogP contribution in [0.1, 0.15) is 12.8 Å². The third kappa shape index (κ3) is 3.28. The molecule has 8 heteroatoms. The second-order valence-electron chi connectivity index (χ2n) is 7.76. The minimum atomic E-state index is -0.546. The first-order valence-corrected chi connectivity index (χ1v) is 9.63. The number of benzene rings is 1. The number of hydrogen-bond donors (Lipinski definition) is 1. The van der Waals surface area contributed by atoms with E-state index in [9.17, 15) is 9.90 Å². The van der Waals surface area contributed by atoms with Crippen LogP contribution >= 0.6 is 0 Å². The van der Waals surface area contributed by atoms with Gasteiger partial charge in [0.05, 0.1) is 12.4 Å². The zero-order valence-electron chi connectivity index (χ0n) is 15.4. The van der Waals surface area contributed by atoms with Gasteiger partial charge in [0.2, 0.25) is 12.7 Å². The van der Waals surface area contributed by atoms with Crippen molar-refractivity contribution in [2.45, 2.75) is 31.6 Å². The van der Waals surface area contributed by atoms with Crippen LogP contribution in [0.3, 0.4) is 0 Å². The van der Waals surface area contributed by atoms with Crippen molar-refractivity contribution < 1.29 is 24.1 Å². The molecule has 3 heterocycles. The van der Waals surface area contributed by atoms with Gasteiger partial charge in [0.25, 0.3) is 0 Å². The van der Waals surface area contributed by atoms with Gasteiger partial charge in [-0.1, -0.05) is 0 Å². The molecule has 148 valence electrons. The number of aliphatic hydroxyl groups excluding tert-OH is 1. The molecule has 0 spiro atoms. The van der Waals surface area contributed by atoms with Gasteiger partial charge >= 0.3 is 0 Å². The molecule has 1 amide bonds. The van der Waals surface area contributed by atoms with Gasteiger partial charge < -0.3 is 28.8 Å². The fourth-order valence-corrected chi connectivity index (χ4v) is 4.48. The number of likely N-dealkylation sites (tertiary alicyclic amines) is 1. The topological polar surface area (TPSA) is 86.1 Å². The number of aromatic nitrogens is 2. The second-order valence-corrected chi connectivity index (χ2v) is 7.76. The SMILES string of the molecule is O=C(Cn1ccnc1)N1C[C@H]2C[C@@H](Oc3ccc4c(c3)OCO4)[C@H](O)C[C@H]2C1. The fourth-order valence-electron chi connectivity index (χ4n) is 4.48. The first kappa shape index (κ1) is 17.4. The van der Waals surface area contributed by atoms with Gasteiger partial charge in [-0.2, -0.15) is 0 Å². The Labute approximate surface area is 162 Å². The highest BCUT2D eigenvalue weighted by atomic mass is 16.7. The molecule has 4 atom stereocenters. The van der Waals surface area contributed by atoms with Crippen LogP contribution in [0.2, 0.25) is 0 Å². The largest absolute Gasteiger partial charge is 0.488 e. The number of carbonyl (C=O) groups excluding carboxylic acids is 1. The summed E-state index contributed by atoms with van der Waals surface area (Å²) in [5.74, 6) is 2.79. The molecule has 0 unspecified atom stereocenters. The Bertz CT molecular complexity index is 856. The maximum Gasteiger partial charge on any atom is 0.242 e. The molecule has 3 aliphatic rings. The Morgan fingerprint density at radius 2 is 2.04 bits per heavy atom. The smallest absolute Gasteiger partial charge is 0.242 e. The molecule has 8 nitrogen and oxygen atoms in total. The van der Waals surface area contributed by atoms with Gasteiger partial charge in [0.1, 0.15) is 18.4 Å². The van der Waals surface area contributed by atoms with Gasteiger partial charge in [0.15, 0.2) is 11.5 Å². The number of amides is 1. The van der Waals surface area contributed by atoms with E-state index in [-0.39, 0.29) is 18.8 Å². The van der Waals surface area contributed by atoms with Crippen LogP contribution in [0.25, 0.3) is 0 Å². The Hall–Kier alpha value is -2.74. The zero-order valence-corrected chi connectivity index (χ0v) is 15.4. The number of fused-ring (bicyclic) bond motifs is 2. The monoisotopic (exact) mass is 385 g/mol. The van der Waals surface area contributed by atoms with Crippen LogP contribution in [-0.2, 0) is 11.3 Å². The summed E-state index contributed by atoms with van der Waals surface area (Å²) < 4.78 is 18.6. The summed E-state index contributed by atoms with van der Waals surface area (Å²) in [5, 5.41) is 10.6. The summed E-state index contributed by atoms with van der Waals surface area (Å²) in [6.45, 7) is 1.94. The van der Waals surface area contributed by atoms with Crippen molar-refractivity contribution in [3.63, 3.8) is 0 Å². The van der Waals surface area contributed by atoms with Crippen molar-refractivity contribution in [1.29, 1.82) is 0 Å². The number of hydrogen-bond acceptors (Lipinski definition) is 6. The predicted octanol–water partition coefficient (Wildman–Crippen LogP) is 1.29. The van der Waals surface area contributed by atoms with E-state index in [1.165, 1.54) is 0 Å². The van der Waals surface area contributed by atoms with Crippen molar-refractivity contribution in [3.8, 4) is 17.2 Å². The van der Waals surface area contributed by atoms with Crippen LogP contribution in [0, 0.1) is 11.8 Å². The molecule has 2 aliphatic heterocycles. The zero-order chi connectivity index (χ0) is 19.1. The maximum absolute atomic E-state index is 12.6. The Balaban J connectivity index is 1.22. The molecule has 28 heavy (non-hydrogen) atoms. The molecule has 5 rings (SSSR count). The lowest BCUT2D eigenvalue weighted by Crippen LogP contribution is -2.42. The highest BCUT2D eigenvalue weighted by Crippen LogP contribution is 2.40. The van der Waals surface area contributed by atoms with E-state index in [1.807, 2.05) is 17.0 Å². The van der Waals surface area contributed by atoms with Crippen LogP contribution in [0.15, 0.2) is 36.9 Å². The Morgan fingerprint density at radius 1 is 1.21 bits per heavy atom. The van der Waals surface area contributed by atoms with Gasteiger partial charge in [-0.05, 0) is 36.8 Å². The molecule has 2 fully saturated rings. The molecule has 1 saturated carbocycles. The third-order valence-electron chi connectivity index (χ3n) is 5.95. The molecule has 1 aliphatic carbocycles. The van der Waals surface area contributed by atoms with Crippen LogP contribution < -0.4 is 14.2 Å². The normalized spacial score (nSPS) is 28.2. The van der Waals surface area contributed by atoms with E-state index in [1.54, 1.807) is 29.4 Å². The van der Waals surface area contributed by atoms with E-state index < -0.39 is 6.10 Å². The summed E-state index contributed by atoms with van der Waals surface area (Å²) in [4.78, 5) is 18.5. The number of ether oxygens (including phenoxy) is 3. The molecule has 0 radical (unpaired) electrons. The molecule has 1 saturated heterocycles. The number of nitrogens with zero attached hydrogens (tertiary/aromatic N) is 3. The average Bonchev–Trinajstić information content (AvgIpc) is 3.41. The number of rotatable bonds is 4. The van der Waals surface area contributed by atoms with Gasteiger partial charge in [-0.25, -0.2) is 4.98 Å². The molecule has 2 aromatic rings. The molecular formula is C20H23N3O5. The maximum atomic E-state index is 12.6. The highest BCUT2D eigenvalue weighted by molar-refractivity contribution is 5.76. The van der Waals surface area contributed by atoms with E-state index in [4.69, 9.17) is 14.2 Å². The van der Waals surface area contributed by atoms with E-state index in [0.717, 1.165) is 6.42 Å². The van der Waals surface area contributed by atoms with E-state index >= 15 is 0 Å². The summed E-state index contributed by atoms with van der Waals surface area (Å²) >= 11 is 0. The standard InChI is InChI=1S/C20H23N3O5/c24-16-5-13-8-23(20(25)10-22-4-3-21-11-22)9-14(13)6-18(16)28-15-1-2-17-19(7-15)27-12-26-17/h1-4,7,11,13-14,16,18,24H,5-6,8-10,12H2/t13-,14+,16+,18+/m0/s1. The lowest BCUT2D eigenvalue weighted by molar-refractivity contribution is -0.131. The summed E-state index contributed by atoms with van der Waals surface area (Å²) in [7, 11) is 0. The first-order chi connectivity index (χ1) is 13.7. The van der Waals surface area contributed by atoms with Crippen molar-refractivity contribution in [1.82, 2.24) is 14.5 Å². The predicted molar refractivity (Wildman–Crippen MR) is 98.0 cm³/mol. The number of aliphatic hydroxyl groups is 1. The lowest BCUT2D eigenvalue weighted by atomic mass is 9.78. The summed E-state index contributed by atoms with van der Waals surface area (Å²) in [6.07, 6.45) is 5.66. The summed E-state index contributed by atoms with van der Waals surface area (Å²) in [5.41, 5.74) is 0. The quantitative estimate of drug-likeness (QED) is 0.854. The number of carbonyl (C=O) groups is 1. The lowest BCUT2D eigenvalue weighted by Gasteiger charge is -2.35. The van der Waals surface area contributed by atoms with Crippen molar-refractivity contribution >= 4 is 5.91 Å². The Morgan fingerprint density at radius 3 is 2.86 bits per heavy atom.